The summed E-state index contributed by atoms with van der Waals surface area (Å²) in [5.74, 6) is -2.84. The molecule has 2 aromatic heterocycles. The number of ether oxygens (including phenoxy) is 3. The highest BCUT2D eigenvalue weighted by Crippen LogP contribution is 2.44. The van der Waals surface area contributed by atoms with Crippen LogP contribution in [-0.4, -0.2) is 172 Å². The molecular weight excluding hydrogens is 1180 g/mol. The number of rotatable bonds is 23. The average molecular weight is 1250 g/mol. The lowest BCUT2D eigenvalue weighted by atomic mass is 9.72. The first kappa shape index (κ1) is 62.4. The number of imide groups is 2. The van der Waals surface area contributed by atoms with E-state index in [1.807, 2.05) is 23.1 Å². The fraction of sp³-hybridized carbons (Fsp3) is 0.406. The first-order valence-electron chi connectivity index (χ1n) is 30.0. The van der Waals surface area contributed by atoms with Crippen molar-refractivity contribution in [1.82, 2.24) is 34.7 Å². The number of halogens is 1. The van der Waals surface area contributed by atoms with Gasteiger partial charge < -0.3 is 39.2 Å². The number of hydrogen-bond acceptors (Lipinski definition) is 18. The zero-order valence-electron chi connectivity index (χ0n) is 49.9. The smallest absolute Gasteiger partial charge is 0.293 e. The minimum Gasteiger partial charge on any atom is -0.455 e. The number of H-pyrrole nitrogens is 1. The molecule has 5 aliphatic rings. The summed E-state index contributed by atoms with van der Waals surface area (Å²) in [4.78, 5) is 93.7. The van der Waals surface area contributed by atoms with Crippen molar-refractivity contribution in [3.05, 3.63) is 146 Å². The van der Waals surface area contributed by atoms with E-state index in [-0.39, 0.29) is 59.0 Å². The van der Waals surface area contributed by atoms with Crippen LogP contribution in [0.5, 0.6) is 11.5 Å². The number of aromatic amines is 1. The Balaban J connectivity index is 0.659. The SMILES string of the molecule is CN(c1ccc(S(=O)(=O)NC(=O)c2ccc(N3CCN(CC4=C(c5ccc(Cl)cc5)CC(C)(C)CC4)CC3)cc2Oc2cnc3[nH]ccc3c2)cc1[N+](=O)[O-])C1CCN(CCOCCOCCNc2cccc3c2C(=O)N(C2CCC(=O)NC2=O)C3=O)CC1. The summed E-state index contributed by atoms with van der Waals surface area (Å²) in [5.41, 5.74) is 6.23. The van der Waals surface area contributed by atoms with E-state index in [4.69, 9.17) is 25.8 Å². The fourth-order valence-electron chi connectivity index (χ4n) is 12.5. The van der Waals surface area contributed by atoms with Gasteiger partial charge in [-0.3, -0.25) is 49.2 Å². The molecule has 5 amide bonds. The highest BCUT2D eigenvalue weighted by Gasteiger charge is 2.46. The minimum absolute atomic E-state index is 0.0327. The van der Waals surface area contributed by atoms with Gasteiger partial charge in [0.1, 0.15) is 28.9 Å². The van der Waals surface area contributed by atoms with Gasteiger partial charge in [-0.1, -0.05) is 49.2 Å². The van der Waals surface area contributed by atoms with Crippen LogP contribution in [0.25, 0.3) is 16.6 Å². The van der Waals surface area contributed by atoms with Gasteiger partial charge in [-0.25, -0.2) is 18.1 Å². The summed E-state index contributed by atoms with van der Waals surface area (Å²) in [6.45, 7) is 12.2. The summed E-state index contributed by atoms with van der Waals surface area (Å²) < 4.78 is 48.3. The summed E-state index contributed by atoms with van der Waals surface area (Å²) in [5, 5.41) is 19.5. The highest BCUT2D eigenvalue weighted by atomic mass is 35.5. The van der Waals surface area contributed by atoms with Gasteiger partial charge in [0.2, 0.25) is 11.8 Å². The summed E-state index contributed by atoms with van der Waals surface area (Å²) >= 11 is 6.27. The molecule has 1 atom stereocenters. The Bertz CT molecular complexity index is 3840. The van der Waals surface area contributed by atoms with Gasteiger partial charge in [-0.2, -0.15) is 0 Å². The van der Waals surface area contributed by atoms with Gasteiger partial charge in [0.25, 0.3) is 33.4 Å². The Morgan fingerprint density at radius 2 is 1.63 bits per heavy atom. The summed E-state index contributed by atoms with van der Waals surface area (Å²) in [6, 6.07) is 24.2. The van der Waals surface area contributed by atoms with Gasteiger partial charge in [0, 0.05) is 119 Å². The topological polar surface area (TPSA) is 271 Å². The predicted molar refractivity (Wildman–Crippen MR) is 336 cm³/mol. The lowest BCUT2D eigenvalue weighted by Crippen LogP contribution is -2.54. The lowest BCUT2D eigenvalue weighted by molar-refractivity contribution is -0.384. The van der Waals surface area contributed by atoms with E-state index >= 15 is 0 Å². The molecule has 4 aliphatic heterocycles. The predicted octanol–water partition coefficient (Wildman–Crippen LogP) is 8.27. The maximum Gasteiger partial charge on any atom is 0.293 e. The van der Waals surface area contributed by atoms with Crippen LogP contribution in [0.15, 0.2) is 114 Å². The number of benzene rings is 4. The van der Waals surface area contributed by atoms with Crippen LogP contribution in [0.3, 0.4) is 0 Å². The van der Waals surface area contributed by atoms with Gasteiger partial charge in [0.15, 0.2) is 0 Å². The molecule has 4 aromatic carbocycles. The molecule has 0 saturated carbocycles. The Hall–Kier alpha value is -8.26. The second-order valence-electron chi connectivity index (χ2n) is 23.9. The molecule has 3 saturated heterocycles. The number of piperidine rings is 2. The fourth-order valence-corrected chi connectivity index (χ4v) is 13.6. The van der Waals surface area contributed by atoms with Crippen LogP contribution in [0, 0.1) is 15.5 Å². The Morgan fingerprint density at radius 3 is 2.38 bits per heavy atom. The number of anilines is 3. The van der Waals surface area contributed by atoms with Gasteiger partial charge in [-0.05, 0) is 116 Å². The van der Waals surface area contributed by atoms with E-state index < -0.39 is 61.1 Å². The van der Waals surface area contributed by atoms with Crippen LogP contribution in [0.4, 0.5) is 22.7 Å². The number of carbonyl (C=O) groups is 5. The molecule has 6 aromatic rings. The first-order valence-corrected chi connectivity index (χ1v) is 31.9. The largest absolute Gasteiger partial charge is 0.455 e. The van der Waals surface area contributed by atoms with Gasteiger partial charge in [-0.15, -0.1) is 0 Å². The number of pyridine rings is 1. The van der Waals surface area contributed by atoms with Gasteiger partial charge >= 0.3 is 0 Å². The summed E-state index contributed by atoms with van der Waals surface area (Å²) in [7, 11) is -2.90. The van der Waals surface area contributed by atoms with Crippen LogP contribution in [-0.2, 0) is 29.1 Å². The van der Waals surface area contributed by atoms with E-state index in [0.717, 1.165) is 60.9 Å². The first-order chi connectivity index (χ1) is 42.8. The van der Waals surface area contributed by atoms with Crippen LogP contribution < -0.4 is 29.9 Å². The second kappa shape index (κ2) is 26.8. The number of nitro groups is 1. The Kier molecular flexibility index (Phi) is 18.8. The molecule has 6 heterocycles. The van der Waals surface area contributed by atoms with Crippen LogP contribution >= 0.6 is 11.6 Å². The number of piperazine rings is 1. The number of carbonyl (C=O) groups excluding carboxylic acids is 5. The minimum atomic E-state index is -4.66. The van der Waals surface area contributed by atoms with E-state index in [2.05, 4.69) is 66.0 Å². The molecular formula is C64H72ClN11O12S. The van der Waals surface area contributed by atoms with Crippen molar-refractivity contribution in [2.45, 2.75) is 75.8 Å². The molecule has 0 spiro atoms. The number of nitro benzene ring substituents is 1. The molecule has 3 fully saturated rings. The highest BCUT2D eigenvalue weighted by molar-refractivity contribution is 7.90. The van der Waals surface area contributed by atoms with Crippen LogP contribution in [0.2, 0.25) is 5.02 Å². The molecule has 0 bridgehead atoms. The standard InChI is InChI=1S/C64H72ClN11O12S/c1-64(2)21-17-43(51(38-64)41-7-9-44(65)10-8-41)40-73-26-28-74(29-27-73)46-11-13-49(56(36-46)88-47-35-42-18-22-67-59(42)68-39-47)60(78)70-89(84,85)48-12-14-53(55(37-48)76(82)83)71(3)45-19-24-72(25-20-45)30-32-87-34-33-86-31-23-66-52-6-4-5-50-58(52)63(81)75(62(50)80)54-15-16-57(77)69-61(54)79/h4-14,18,22,35-37,39,45,54,66H,15-17,19-21,23-34,38,40H2,1-3H3,(H,67,68)(H,70,78)(H,69,77,79). The Labute approximate surface area is 520 Å². The second-order valence-corrected chi connectivity index (χ2v) is 26.0. The normalized spacial score (nSPS) is 18.5. The number of allylic oxidation sites excluding steroid dienone is 1. The number of sulfonamides is 1. The third-order valence-corrected chi connectivity index (χ3v) is 19.0. The summed E-state index contributed by atoms with van der Waals surface area (Å²) in [6.07, 6.45) is 7.86. The molecule has 11 rings (SSSR count). The number of amides is 5. The molecule has 0 radical (unpaired) electrons. The molecule has 25 heteroatoms. The zero-order valence-corrected chi connectivity index (χ0v) is 51.5. The number of nitrogens with zero attached hydrogens (tertiary/aromatic N) is 7. The van der Waals surface area contributed by atoms with E-state index in [1.165, 1.54) is 47.2 Å². The van der Waals surface area contributed by atoms with Crippen molar-refractivity contribution in [2.24, 2.45) is 5.41 Å². The Morgan fingerprint density at radius 1 is 0.865 bits per heavy atom. The third-order valence-electron chi connectivity index (χ3n) is 17.5. The van der Waals surface area contributed by atoms with E-state index in [9.17, 15) is 42.5 Å². The van der Waals surface area contributed by atoms with Crippen molar-refractivity contribution < 1.29 is 51.5 Å². The lowest BCUT2D eigenvalue weighted by Gasteiger charge is -2.39. The van der Waals surface area contributed by atoms with Crippen LogP contribution in [0.1, 0.15) is 95.4 Å². The zero-order chi connectivity index (χ0) is 62.6. The molecule has 1 aliphatic carbocycles. The number of likely N-dealkylation sites (tertiary alicyclic amines) is 1. The monoisotopic (exact) mass is 1250 g/mol. The van der Waals surface area contributed by atoms with Crippen molar-refractivity contribution in [3.63, 3.8) is 0 Å². The number of fused-ring (bicyclic) bond motifs is 2. The van der Waals surface area contributed by atoms with Crippen molar-refractivity contribution in [1.29, 1.82) is 0 Å². The van der Waals surface area contributed by atoms with Crippen molar-refractivity contribution >= 4 is 90.5 Å². The molecule has 4 N–H and O–H groups in total. The maximum absolute atomic E-state index is 14.2. The quantitative estimate of drug-likeness (QED) is 0.0203. The maximum atomic E-state index is 14.2. The molecule has 89 heavy (non-hydrogen) atoms. The molecule has 468 valence electrons. The van der Waals surface area contributed by atoms with E-state index in [0.29, 0.717) is 94.0 Å². The molecule has 23 nitrogen and oxygen atoms in total. The number of nitrogens with one attached hydrogen (secondary N) is 4. The average Bonchev–Trinajstić information content (AvgIpc) is 2.22. The third kappa shape index (κ3) is 14.3. The van der Waals surface area contributed by atoms with Crippen molar-refractivity contribution in [3.8, 4) is 11.5 Å². The molecule has 1 unspecified atom stereocenters. The number of aromatic nitrogens is 2. The van der Waals surface area contributed by atoms with E-state index in [1.54, 1.807) is 43.6 Å². The van der Waals surface area contributed by atoms with Gasteiger partial charge in [0.05, 0.1) is 59.1 Å². The number of hydrogen-bond donors (Lipinski definition) is 4. The van der Waals surface area contributed by atoms with Crippen molar-refractivity contribution in [2.75, 3.05) is 107 Å².